The van der Waals surface area contributed by atoms with Crippen LogP contribution >= 0.6 is 0 Å². The number of hydrogen-bond acceptors (Lipinski definition) is 3. The van der Waals surface area contributed by atoms with Gasteiger partial charge in [-0.2, -0.15) is 15.0 Å². The molecule has 1 aromatic heterocycles. The van der Waals surface area contributed by atoms with E-state index < -0.39 is 17.5 Å². The van der Waals surface area contributed by atoms with Crippen molar-refractivity contribution in [2.75, 3.05) is 6.54 Å². The van der Waals surface area contributed by atoms with Crippen LogP contribution in [0.25, 0.3) is 5.69 Å². The fourth-order valence-electron chi connectivity index (χ4n) is 2.17. The van der Waals surface area contributed by atoms with Crippen molar-refractivity contribution >= 4 is 5.91 Å². The molecule has 0 saturated heterocycles. The van der Waals surface area contributed by atoms with E-state index in [1.165, 1.54) is 4.80 Å². The van der Waals surface area contributed by atoms with Crippen LogP contribution < -0.4 is 5.32 Å². The largest absolute Gasteiger partial charge is 0.352 e. The van der Waals surface area contributed by atoms with Crippen LogP contribution in [0.5, 0.6) is 0 Å². The lowest BCUT2D eigenvalue weighted by Crippen LogP contribution is -2.26. The van der Waals surface area contributed by atoms with Crippen molar-refractivity contribution < 1.29 is 13.6 Å². The predicted molar refractivity (Wildman–Crippen MR) is 83.8 cm³/mol. The third-order valence-corrected chi connectivity index (χ3v) is 3.37. The standard InChI is InChI=1S/C17H14F2N4O/c18-12-6-7-16(19)15(10-12)17(24)20-9-8-13-11-21-23(22-13)14-4-2-1-3-5-14/h1-7,10-11H,8-9H2,(H,20,24). The van der Waals surface area contributed by atoms with Gasteiger partial charge < -0.3 is 5.32 Å². The Morgan fingerprint density at radius 2 is 1.92 bits per heavy atom. The molecule has 0 aliphatic heterocycles. The molecule has 0 atom stereocenters. The number of aromatic nitrogens is 3. The van der Waals surface area contributed by atoms with Gasteiger partial charge in [-0.05, 0) is 30.3 Å². The summed E-state index contributed by atoms with van der Waals surface area (Å²) < 4.78 is 26.6. The van der Waals surface area contributed by atoms with Crippen molar-refractivity contribution in [3.63, 3.8) is 0 Å². The van der Waals surface area contributed by atoms with Crippen LogP contribution in [-0.2, 0) is 6.42 Å². The number of amides is 1. The Balaban J connectivity index is 1.58. The molecule has 0 unspecified atom stereocenters. The minimum absolute atomic E-state index is 0.238. The maximum absolute atomic E-state index is 13.5. The van der Waals surface area contributed by atoms with Gasteiger partial charge >= 0.3 is 0 Å². The van der Waals surface area contributed by atoms with Crippen molar-refractivity contribution in [2.24, 2.45) is 0 Å². The zero-order valence-electron chi connectivity index (χ0n) is 12.6. The molecule has 1 amide bonds. The van der Waals surface area contributed by atoms with Crippen LogP contribution in [0.15, 0.2) is 54.7 Å². The summed E-state index contributed by atoms with van der Waals surface area (Å²) in [5.74, 6) is -2.08. The van der Waals surface area contributed by atoms with Gasteiger partial charge in [0.2, 0.25) is 0 Å². The number of nitrogens with zero attached hydrogens (tertiary/aromatic N) is 3. The topological polar surface area (TPSA) is 59.8 Å². The predicted octanol–water partition coefficient (Wildman–Crippen LogP) is 2.52. The number of halogens is 2. The van der Waals surface area contributed by atoms with Crippen LogP contribution in [-0.4, -0.2) is 27.4 Å². The van der Waals surface area contributed by atoms with E-state index >= 15 is 0 Å². The number of rotatable bonds is 5. The number of hydrogen-bond donors (Lipinski definition) is 1. The van der Waals surface area contributed by atoms with Crippen molar-refractivity contribution in [1.82, 2.24) is 20.3 Å². The molecule has 1 N–H and O–H groups in total. The molecule has 0 radical (unpaired) electrons. The van der Waals surface area contributed by atoms with E-state index in [1.54, 1.807) is 6.20 Å². The molecule has 0 spiro atoms. The summed E-state index contributed by atoms with van der Waals surface area (Å²) in [5.41, 5.74) is 1.19. The van der Waals surface area contributed by atoms with Crippen molar-refractivity contribution in [1.29, 1.82) is 0 Å². The first-order valence-corrected chi connectivity index (χ1v) is 7.33. The molecule has 3 aromatic rings. The smallest absolute Gasteiger partial charge is 0.254 e. The molecule has 0 fully saturated rings. The summed E-state index contributed by atoms with van der Waals surface area (Å²) in [7, 11) is 0. The molecular formula is C17H14F2N4O. The van der Waals surface area contributed by atoms with E-state index in [0.717, 1.165) is 23.9 Å². The average molecular weight is 328 g/mol. The number of carbonyl (C=O) groups is 1. The Bertz CT molecular complexity index is 849. The molecular weight excluding hydrogens is 314 g/mol. The second-order valence-electron chi connectivity index (χ2n) is 5.09. The van der Waals surface area contributed by atoms with Gasteiger partial charge in [-0.25, -0.2) is 8.78 Å². The Kier molecular flexibility index (Phi) is 4.60. The monoisotopic (exact) mass is 328 g/mol. The van der Waals surface area contributed by atoms with E-state index in [0.29, 0.717) is 12.1 Å². The summed E-state index contributed by atoms with van der Waals surface area (Å²) in [5, 5.41) is 11.0. The summed E-state index contributed by atoms with van der Waals surface area (Å²) in [6, 6.07) is 12.2. The van der Waals surface area contributed by atoms with Gasteiger partial charge in [0.15, 0.2) is 0 Å². The lowest BCUT2D eigenvalue weighted by molar-refractivity contribution is 0.0949. The highest BCUT2D eigenvalue weighted by atomic mass is 19.1. The number of para-hydroxylation sites is 1. The highest BCUT2D eigenvalue weighted by Crippen LogP contribution is 2.09. The molecule has 122 valence electrons. The van der Waals surface area contributed by atoms with Gasteiger partial charge in [-0.15, -0.1) is 0 Å². The van der Waals surface area contributed by atoms with Gasteiger partial charge in [-0.1, -0.05) is 18.2 Å². The van der Waals surface area contributed by atoms with Gasteiger partial charge in [0.25, 0.3) is 5.91 Å². The highest BCUT2D eigenvalue weighted by molar-refractivity contribution is 5.94. The molecule has 0 aliphatic rings. The first-order chi connectivity index (χ1) is 11.6. The van der Waals surface area contributed by atoms with E-state index in [1.807, 2.05) is 30.3 Å². The lowest BCUT2D eigenvalue weighted by Gasteiger charge is -2.05. The molecule has 5 nitrogen and oxygen atoms in total. The zero-order chi connectivity index (χ0) is 16.9. The Labute approximate surface area is 136 Å². The summed E-state index contributed by atoms with van der Waals surface area (Å²) in [6.07, 6.45) is 2.03. The lowest BCUT2D eigenvalue weighted by atomic mass is 10.2. The van der Waals surface area contributed by atoms with Crippen LogP contribution in [0.2, 0.25) is 0 Å². The fraction of sp³-hybridized carbons (Fsp3) is 0.118. The zero-order valence-corrected chi connectivity index (χ0v) is 12.6. The van der Waals surface area contributed by atoms with E-state index in [9.17, 15) is 13.6 Å². The van der Waals surface area contributed by atoms with Crippen LogP contribution in [0.1, 0.15) is 16.1 Å². The van der Waals surface area contributed by atoms with Crippen LogP contribution in [0.4, 0.5) is 8.78 Å². The van der Waals surface area contributed by atoms with Gasteiger partial charge in [0, 0.05) is 13.0 Å². The summed E-state index contributed by atoms with van der Waals surface area (Å²) in [6.45, 7) is 0.238. The first kappa shape index (κ1) is 15.8. The second-order valence-corrected chi connectivity index (χ2v) is 5.09. The van der Waals surface area contributed by atoms with Gasteiger partial charge in [0.1, 0.15) is 11.6 Å². The van der Waals surface area contributed by atoms with E-state index in [-0.39, 0.29) is 12.1 Å². The Morgan fingerprint density at radius 3 is 2.71 bits per heavy atom. The van der Waals surface area contributed by atoms with Crippen molar-refractivity contribution in [3.8, 4) is 5.69 Å². The number of carbonyl (C=O) groups excluding carboxylic acids is 1. The average Bonchev–Trinajstić information content (AvgIpc) is 3.06. The molecule has 7 heteroatoms. The Morgan fingerprint density at radius 1 is 1.12 bits per heavy atom. The molecule has 0 saturated carbocycles. The molecule has 24 heavy (non-hydrogen) atoms. The van der Waals surface area contributed by atoms with Gasteiger partial charge in [0.05, 0.1) is 23.1 Å². The third-order valence-electron chi connectivity index (χ3n) is 3.37. The minimum Gasteiger partial charge on any atom is -0.352 e. The van der Waals surface area contributed by atoms with Crippen LogP contribution in [0, 0.1) is 11.6 Å². The van der Waals surface area contributed by atoms with E-state index in [4.69, 9.17) is 0 Å². The molecule has 3 rings (SSSR count). The molecule has 1 heterocycles. The number of nitrogens with one attached hydrogen (secondary N) is 1. The Hall–Kier alpha value is -3.09. The minimum atomic E-state index is -0.760. The third kappa shape index (κ3) is 3.62. The fourth-order valence-corrected chi connectivity index (χ4v) is 2.17. The molecule has 2 aromatic carbocycles. The number of benzene rings is 2. The van der Waals surface area contributed by atoms with Crippen molar-refractivity contribution in [3.05, 3.63) is 77.6 Å². The first-order valence-electron chi connectivity index (χ1n) is 7.33. The SMILES string of the molecule is O=C(NCCc1cnn(-c2ccccc2)n1)c1cc(F)ccc1F. The van der Waals surface area contributed by atoms with Gasteiger partial charge in [-0.3, -0.25) is 4.79 Å². The molecule has 0 aliphatic carbocycles. The normalized spacial score (nSPS) is 10.6. The van der Waals surface area contributed by atoms with Crippen molar-refractivity contribution in [2.45, 2.75) is 6.42 Å². The highest BCUT2D eigenvalue weighted by Gasteiger charge is 2.12. The molecule has 0 bridgehead atoms. The van der Waals surface area contributed by atoms with Crippen LogP contribution in [0.3, 0.4) is 0 Å². The summed E-state index contributed by atoms with van der Waals surface area (Å²) in [4.78, 5) is 13.4. The van der Waals surface area contributed by atoms with E-state index in [2.05, 4.69) is 15.5 Å². The maximum Gasteiger partial charge on any atom is 0.254 e. The second kappa shape index (κ2) is 6.99. The maximum atomic E-state index is 13.5. The quantitative estimate of drug-likeness (QED) is 0.783. The summed E-state index contributed by atoms with van der Waals surface area (Å²) >= 11 is 0.